The zero-order valence-electron chi connectivity index (χ0n) is 12.6. The normalized spacial score (nSPS) is 16.9. The van der Waals surface area contributed by atoms with E-state index < -0.39 is 0 Å². The predicted molar refractivity (Wildman–Crippen MR) is 97.5 cm³/mol. The van der Waals surface area contributed by atoms with Crippen molar-refractivity contribution in [3.05, 3.63) is 45.9 Å². The van der Waals surface area contributed by atoms with E-state index in [0.29, 0.717) is 0 Å². The van der Waals surface area contributed by atoms with E-state index in [1.807, 2.05) is 25.1 Å². The number of aromatic amines is 1. The third kappa shape index (κ3) is 3.46. The molecule has 5 heteroatoms. The quantitative estimate of drug-likeness (QED) is 0.788. The number of aromatic nitrogens is 1. The summed E-state index contributed by atoms with van der Waals surface area (Å²) in [5, 5.41) is 1.88. The maximum Gasteiger partial charge on any atom is 0.256 e. The zero-order chi connectivity index (χ0) is 14.1. The fourth-order valence-corrected chi connectivity index (χ4v) is 2.89. The molecular formula is C16H22IN3O. The van der Waals surface area contributed by atoms with Crippen LogP contribution in [0.4, 0.5) is 0 Å². The Kier molecular flexibility index (Phi) is 5.40. The summed E-state index contributed by atoms with van der Waals surface area (Å²) in [5.41, 5.74) is 2.26. The van der Waals surface area contributed by atoms with Crippen LogP contribution < -0.4 is 5.56 Å². The van der Waals surface area contributed by atoms with Gasteiger partial charge in [-0.15, -0.1) is 24.0 Å². The van der Waals surface area contributed by atoms with Gasteiger partial charge >= 0.3 is 0 Å². The van der Waals surface area contributed by atoms with Gasteiger partial charge in [-0.05, 0) is 31.0 Å². The summed E-state index contributed by atoms with van der Waals surface area (Å²) in [5.74, 6) is 0. The summed E-state index contributed by atoms with van der Waals surface area (Å²) in [6.07, 6.45) is 0. The number of rotatable bonds is 2. The number of pyridine rings is 1. The first kappa shape index (κ1) is 16.5. The van der Waals surface area contributed by atoms with Crippen LogP contribution >= 0.6 is 24.0 Å². The van der Waals surface area contributed by atoms with Crippen LogP contribution in [0, 0.1) is 6.92 Å². The molecule has 1 aromatic carbocycles. The van der Waals surface area contributed by atoms with E-state index in [2.05, 4.69) is 27.9 Å². The van der Waals surface area contributed by atoms with Crippen LogP contribution in [0.25, 0.3) is 10.8 Å². The van der Waals surface area contributed by atoms with Crippen molar-refractivity contribution in [2.45, 2.75) is 13.5 Å². The highest BCUT2D eigenvalue weighted by atomic mass is 127. The Morgan fingerprint density at radius 1 is 1.10 bits per heavy atom. The number of benzene rings is 1. The number of hydrogen-bond acceptors (Lipinski definition) is 3. The molecule has 0 radical (unpaired) electrons. The summed E-state index contributed by atoms with van der Waals surface area (Å²) in [6.45, 7) is 7.31. The number of nitrogens with zero attached hydrogens (tertiary/aromatic N) is 2. The number of aryl methyl sites for hydroxylation is 1. The van der Waals surface area contributed by atoms with Crippen LogP contribution in [-0.2, 0) is 6.54 Å². The van der Waals surface area contributed by atoms with Crippen LogP contribution in [0.3, 0.4) is 0 Å². The Labute approximate surface area is 142 Å². The molecule has 21 heavy (non-hydrogen) atoms. The van der Waals surface area contributed by atoms with E-state index in [1.165, 1.54) is 5.56 Å². The number of H-pyrrole nitrogens is 1. The Bertz CT molecular complexity index is 675. The maximum absolute atomic E-state index is 12.0. The van der Waals surface area contributed by atoms with Gasteiger partial charge in [0.2, 0.25) is 0 Å². The van der Waals surface area contributed by atoms with Gasteiger partial charge in [-0.2, -0.15) is 0 Å². The maximum atomic E-state index is 12.0. The molecule has 1 fully saturated rings. The molecule has 0 amide bonds. The molecule has 1 N–H and O–H groups in total. The molecule has 0 unspecified atom stereocenters. The van der Waals surface area contributed by atoms with Gasteiger partial charge in [-0.1, -0.05) is 18.2 Å². The molecular weight excluding hydrogens is 377 g/mol. The molecule has 0 bridgehead atoms. The Hall–Kier alpha value is -0.920. The molecule has 1 aliphatic rings. The smallest absolute Gasteiger partial charge is 0.256 e. The first-order chi connectivity index (χ1) is 9.65. The van der Waals surface area contributed by atoms with Crippen molar-refractivity contribution >= 4 is 34.7 Å². The molecule has 4 nitrogen and oxygen atoms in total. The van der Waals surface area contributed by atoms with Gasteiger partial charge in [0.05, 0.1) is 0 Å². The van der Waals surface area contributed by atoms with E-state index in [1.54, 1.807) is 0 Å². The van der Waals surface area contributed by atoms with Crippen LogP contribution in [0.15, 0.2) is 29.1 Å². The second-order valence-electron chi connectivity index (χ2n) is 5.68. The van der Waals surface area contributed by atoms with Crippen molar-refractivity contribution < 1.29 is 0 Å². The Balaban J connectivity index is 0.00000161. The highest BCUT2D eigenvalue weighted by Gasteiger charge is 2.16. The molecule has 0 atom stereocenters. The molecule has 2 aromatic rings. The molecule has 0 aliphatic carbocycles. The van der Waals surface area contributed by atoms with Crippen LogP contribution in [-0.4, -0.2) is 48.0 Å². The van der Waals surface area contributed by atoms with Crippen LogP contribution in [0.5, 0.6) is 0 Å². The largest absolute Gasteiger partial charge is 0.326 e. The van der Waals surface area contributed by atoms with E-state index in [-0.39, 0.29) is 29.5 Å². The fraction of sp³-hybridized carbons (Fsp3) is 0.438. The van der Waals surface area contributed by atoms with Crippen molar-refractivity contribution in [1.29, 1.82) is 0 Å². The zero-order valence-corrected chi connectivity index (χ0v) is 14.9. The van der Waals surface area contributed by atoms with Gasteiger partial charge in [0.15, 0.2) is 0 Å². The van der Waals surface area contributed by atoms with E-state index in [9.17, 15) is 4.79 Å². The SMILES string of the molecule is Cc1[nH]c(=O)c2ccccc2c1CN1CCN(C)CC1.I. The number of fused-ring (bicyclic) bond motifs is 1. The monoisotopic (exact) mass is 399 g/mol. The number of likely N-dealkylation sites (N-methyl/N-ethyl adjacent to an activating group) is 1. The molecule has 1 aromatic heterocycles. The van der Waals surface area contributed by atoms with E-state index in [0.717, 1.165) is 49.2 Å². The fourth-order valence-electron chi connectivity index (χ4n) is 2.89. The first-order valence-electron chi connectivity index (χ1n) is 7.16. The molecule has 114 valence electrons. The highest BCUT2D eigenvalue weighted by molar-refractivity contribution is 14.0. The standard InChI is InChI=1S/C16H21N3O.HI/c1-12-15(11-19-9-7-18(2)8-10-19)13-5-3-4-6-14(13)16(20)17-12;/h3-6H,7-11H2,1-2H3,(H,17,20);1H. The number of hydrogen-bond donors (Lipinski definition) is 1. The molecule has 1 aliphatic heterocycles. The summed E-state index contributed by atoms with van der Waals surface area (Å²) in [7, 11) is 2.16. The van der Waals surface area contributed by atoms with Crippen molar-refractivity contribution in [2.24, 2.45) is 0 Å². The molecule has 3 rings (SSSR count). The minimum Gasteiger partial charge on any atom is -0.326 e. The lowest BCUT2D eigenvalue weighted by atomic mass is 10.0. The minimum atomic E-state index is 0. The topological polar surface area (TPSA) is 39.3 Å². The Morgan fingerprint density at radius 3 is 2.38 bits per heavy atom. The molecule has 0 spiro atoms. The van der Waals surface area contributed by atoms with Gasteiger partial charge in [0.25, 0.3) is 5.56 Å². The lowest BCUT2D eigenvalue weighted by Gasteiger charge is -2.32. The minimum absolute atomic E-state index is 0. The number of halogens is 1. The second kappa shape index (κ2) is 6.89. The summed E-state index contributed by atoms with van der Waals surface area (Å²) < 4.78 is 0. The Morgan fingerprint density at radius 2 is 1.71 bits per heavy atom. The van der Waals surface area contributed by atoms with Crippen molar-refractivity contribution in [2.75, 3.05) is 33.2 Å². The highest BCUT2D eigenvalue weighted by Crippen LogP contribution is 2.20. The number of piperazine rings is 1. The average molecular weight is 399 g/mol. The van der Waals surface area contributed by atoms with Gasteiger partial charge in [-0.3, -0.25) is 9.69 Å². The summed E-state index contributed by atoms with van der Waals surface area (Å²) >= 11 is 0. The van der Waals surface area contributed by atoms with Gasteiger partial charge < -0.3 is 9.88 Å². The molecule has 0 saturated carbocycles. The predicted octanol–water partition coefficient (Wildman–Crippen LogP) is 2.20. The third-order valence-electron chi connectivity index (χ3n) is 4.23. The van der Waals surface area contributed by atoms with Gasteiger partial charge in [-0.25, -0.2) is 0 Å². The van der Waals surface area contributed by atoms with Crippen LogP contribution in [0.2, 0.25) is 0 Å². The van der Waals surface area contributed by atoms with Crippen molar-refractivity contribution in [1.82, 2.24) is 14.8 Å². The lowest BCUT2D eigenvalue weighted by Crippen LogP contribution is -2.44. The van der Waals surface area contributed by atoms with Gasteiger partial charge in [0.1, 0.15) is 0 Å². The lowest BCUT2D eigenvalue weighted by molar-refractivity contribution is 0.148. The summed E-state index contributed by atoms with van der Waals surface area (Å²) in [4.78, 5) is 19.8. The second-order valence-corrected chi connectivity index (χ2v) is 5.68. The third-order valence-corrected chi connectivity index (χ3v) is 4.23. The van der Waals surface area contributed by atoms with Crippen molar-refractivity contribution in [3.63, 3.8) is 0 Å². The average Bonchev–Trinajstić information content (AvgIpc) is 2.45. The molecule has 1 saturated heterocycles. The van der Waals surface area contributed by atoms with Gasteiger partial charge in [0, 0.05) is 43.8 Å². The van der Waals surface area contributed by atoms with Crippen molar-refractivity contribution in [3.8, 4) is 0 Å². The van der Waals surface area contributed by atoms with Crippen LogP contribution in [0.1, 0.15) is 11.3 Å². The van der Waals surface area contributed by atoms with E-state index >= 15 is 0 Å². The van der Waals surface area contributed by atoms with E-state index in [4.69, 9.17) is 0 Å². The molecule has 2 heterocycles. The summed E-state index contributed by atoms with van der Waals surface area (Å²) in [6, 6.07) is 7.89. The number of nitrogens with one attached hydrogen (secondary N) is 1. The first-order valence-corrected chi connectivity index (χ1v) is 7.16.